The predicted molar refractivity (Wildman–Crippen MR) is 112 cm³/mol. The molecule has 0 aliphatic carbocycles. The highest BCUT2D eigenvalue weighted by molar-refractivity contribution is 6.29. The van der Waals surface area contributed by atoms with Crippen LogP contribution in [0, 0.1) is 0 Å². The van der Waals surface area contributed by atoms with Crippen LogP contribution in [-0.4, -0.2) is 27.0 Å². The van der Waals surface area contributed by atoms with E-state index in [0.717, 1.165) is 16.8 Å². The van der Waals surface area contributed by atoms with Crippen molar-refractivity contribution in [1.29, 1.82) is 0 Å². The van der Waals surface area contributed by atoms with E-state index in [2.05, 4.69) is 24.8 Å². The Morgan fingerprint density at radius 2 is 1.59 bits per heavy atom. The molecule has 4 aromatic heterocycles. The summed E-state index contributed by atoms with van der Waals surface area (Å²) in [6, 6.07) is 16.9. The average molecular weight is 404 g/mol. The Morgan fingerprint density at radius 3 is 2.10 bits per heavy atom. The van der Waals surface area contributed by atoms with Gasteiger partial charge in [-0.2, -0.15) is 0 Å². The van der Waals surface area contributed by atoms with Crippen LogP contribution in [0.25, 0.3) is 0 Å². The van der Waals surface area contributed by atoms with E-state index in [1.165, 1.54) is 0 Å². The fourth-order valence-electron chi connectivity index (χ4n) is 3.15. The molecule has 7 heteroatoms. The summed E-state index contributed by atoms with van der Waals surface area (Å²) in [4.78, 5) is 19.6. The monoisotopic (exact) mass is 403 g/mol. The molecule has 0 radical (unpaired) electrons. The number of halogens is 1. The minimum atomic E-state index is -0.237. The third kappa shape index (κ3) is 4.17. The van der Waals surface area contributed by atoms with Crippen molar-refractivity contribution in [1.82, 2.24) is 19.9 Å². The maximum atomic E-state index is 6.22. The van der Waals surface area contributed by atoms with E-state index in [0.29, 0.717) is 16.9 Å². The van der Waals surface area contributed by atoms with E-state index < -0.39 is 0 Å². The molecule has 0 saturated heterocycles. The van der Waals surface area contributed by atoms with Crippen molar-refractivity contribution in [3.63, 3.8) is 0 Å². The van der Waals surface area contributed by atoms with Gasteiger partial charge in [0.2, 0.25) is 5.88 Å². The lowest BCUT2D eigenvalue weighted by Gasteiger charge is -2.33. The fraction of sp³-hybridized carbons (Fsp3) is 0.0909. The second-order valence-electron chi connectivity index (χ2n) is 6.22. The highest BCUT2D eigenvalue weighted by atomic mass is 35.5. The molecule has 0 aliphatic rings. The molecular formula is C22H18ClN5O. The summed E-state index contributed by atoms with van der Waals surface area (Å²) in [5, 5.41) is 0.407. The van der Waals surface area contributed by atoms with E-state index >= 15 is 0 Å². The zero-order valence-electron chi connectivity index (χ0n) is 15.7. The van der Waals surface area contributed by atoms with Gasteiger partial charge in [0.15, 0.2) is 0 Å². The molecule has 0 saturated carbocycles. The van der Waals surface area contributed by atoms with Crippen molar-refractivity contribution in [2.75, 3.05) is 12.0 Å². The van der Waals surface area contributed by atoms with Crippen LogP contribution in [-0.2, 0) is 0 Å². The first-order valence-electron chi connectivity index (χ1n) is 8.98. The second kappa shape index (κ2) is 8.67. The normalized spacial score (nSPS) is 10.7. The van der Waals surface area contributed by atoms with Crippen LogP contribution in [0.1, 0.15) is 17.2 Å². The van der Waals surface area contributed by atoms with Gasteiger partial charge in [-0.3, -0.25) is 9.97 Å². The van der Waals surface area contributed by atoms with Gasteiger partial charge in [-0.1, -0.05) is 29.8 Å². The van der Waals surface area contributed by atoms with Gasteiger partial charge in [0.25, 0.3) is 0 Å². The van der Waals surface area contributed by atoms with Crippen LogP contribution in [0.15, 0.2) is 85.6 Å². The molecule has 0 N–H and O–H groups in total. The maximum Gasteiger partial charge on any atom is 0.213 e. The number of aromatic nitrogens is 4. The Kier molecular flexibility index (Phi) is 5.63. The molecule has 29 heavy (non-hydrogen) atoms. The Morgan fingerprint density at radius 1 is 0.862 bits per heavy atom. The molecule has 0 aromatic carbocycles. The van der Waals surface area contributed by atoms with Crippen LogP contribution in [0.2, 0.25) is 5.15 Å². The molecule has 0 spiro atoms. The van der Waals surface area contributed by atoms with Crippen molar-refractivity contribution < 1.29 is 4.74 Å². The highest BCUT2D eigenvalue weighted by Crippen LogP contribution is 2.38. The molecule has 4 heterocycles. The fourth-order valence-corrected chi connectivity index (χ4v) is 3.31. The number of methoxy groups -OCH3 is 1. The molecule has 0 fully saturated rings. The topological polar surface area (TPSA) is 64.0 Å². The Balaban J connectivity index is 1.93. The van der Waals surface area contributed by atoms with Gasteiger partial charge in [0.1, 0.15) is 11.0 Å². The largest absolute Gasteiger partial charge is 0.481 e. The SMILES string of the molecule is COc1ccc(N(c2cccc(Cl)n2)C(c2cccnc2)c2cccnc2)cn1. The first kappa shape index (κ1) is 18.8. The van der Waals surface area contributed by atoms with Crippen molar-refractivity contribution in [3.05, 3.63) is 102 Å². The third-order valence-corrected chi connectivity index (χ3v) is 4.62. The smallest absolute Gasteiger partial charge is 0.213 e. The van der Waals surface area contributed by atoms with Gasteiger partial charge in [0.05, 0.1) is 25.0 Å². The van der Waals surface area contributed by atoms with Crippen molar-refractivity contribution in [2.24, 2.45) is 0 Å². The minimum absolute atomic E-state index is 0.237. The van der Waals surface area contributed by atoms with Crippen LogP contribution >= 0.6 is 11.6 Å². The number of pyridine rings is 4. The predicted octanol–water partition coefficient (Wildman–Crippen LogP) is 4.86. The number of hydrogen-bond acceptors (Lipinski definition) is 6. The average Bonchev–Trinajstić information content (AvgIpc) is 2.79. The summed E-state index contributed by atoms with van der Waals surface area (Å²) in [5.74, 6) is 1.22. The van der Waals surface area contributed by atoms with Gasteiger partial charge in [-0.25, -0.2) is 9.97 Å². The van der Waals surface area contributed by atoms with Crippen LogP contribution in [0.4, 0.5) is 11.5 Å². The molecule has 0 unspecified atom stereocenters. The summed E-state index contributed by atoms with van der Waals surface area (Å²) in [6.45, 7) is 0. The minimum Gasteiger partial charge on any atom is -0.481 e. The summed E-state index contributed by atoms with van der Waals surface area (Å²) >= 11 is 6.22. The van der Waals surface area contributed by atoms with Crippen molar-refractivity contribution in [2.45, 2.75) is 6.04 Å². The van der Waals surface area contributed by atoms with Gasteiger partial charge in [-0.15, -0.1) is 0 Å². The van der Waals surface area contributed by atoms with E-state index in [1.807, 2.05) is 60.9 Å². The number of ether oxygens (including phenoxy) is 1. The lowest BCUT2D eigenvalue weighted by Crippen LogP contribution is -2.26. The van der Waals surface area contributed by atoms with Crippen LogP contribution in [0.3, 0.4) is 0 Å². The van der Waals surface area contributed by atoms with E-state index in [4.69, 9.17) is 16.3 Å². The quantitative estimate of drug-likeness (QED) is 0.428. The molecule has 0 atom stereocenters. The standard InChI is InChI=1S/C22H18ClN5O/c1-29-21-10-9-18(15-26-21)28(20-8-2-7-19(23)27-20)22(16-5-3-11-24-13-16)17-6-4-12-25-14-17/h2-15,22H,1H3. The summed E-state index contributed by atoms with van der Waals surface area (Å²) in [6.07, 6.45) is 8.93. The van der Waals surface area contributed by atoms with E-state index in [-0.39, 0.29) is 6.04 Å². The van der Waals surface area contributed by atoms with Gasteiger partial charge >= 0.3 is 0 Å². The molecule has 144 valence electrons. The van der Waals surface area contributed by atoms with Crippen molar-refractivity contribution >= 4 is 23.1 Å². The Hall–Kier alpha value is -3.51. The molecule has 0 aliphatic heterocycles. The summed E-state index contributed by atoms with van der Waals surface area (Å²) in [5.41, 5.74) is 2.80. The van der Waals surface area contributed by atoms with E-state index in [1.54, 1.807) is 31.8 Å². The molecule has 0 bridgehead atoms. The van der Waals surface area contributed by atoms with Crippen LogP contribution < -0.4 is 9.64 Å². The van der Waals surface area contributed by atoms with Crippen molar-refractivity contribution in [3.8, 4) is 5.88 Å². The lowest BCUT2D eigenvalue weighted by molar-refractivity contribution is 0.398. The molecule has 6 nitrogen and oxygen atoms in total. The first-order valence-corrected chi connectivity index (χ1v) is 9.36. The second-order valence-corrected chi connectivity index (χ2v) is 6.61. The molecule has 4 aromatic rings. The number of anilines is 2. The molecule has 0 amide bonds. The molecular weight excluding hydrogens is 386 g/mol. The Bertz CT molecular complexity index is 1020. The summed E-state index contributed by atoms with van der Waals surface area (Å²) < 4.78 is 5.22. The highest BCUT2D eigenvalue weighted by Gasteiger charge is 2.26. The summed E-state index contributed by atoms with van der Waals surface area (Å²) in [7, 11) is 1.59. The first-order chi connectivity index (χ1) is 14.3. The van der Waals surface area contributed by atoms with E-state index in [9.17, 15) is 0 Å². The maximum absolute atomic E-state index is 6.22. The zero-order chi connectivity index (χ0) is 20.1. The van der Waals surface area contributed by atoms with Crippen LogP contribution in [0.5, 0.6) is 5.88 Å². The number of hydrogen-bond donors (Lipinski definition) is 0. The number of rotatable bonds is 6. The van der Waals surface area contributed by atoms with Gasteiger partial charge < -0.3 is 9.64 Å². The zero-order valence-corrected chi connectivity index (χ0v) is 16.4. The Labute approximate surface area is 173 Å². The van der Waals surface area contributed by atoms with Gasteiger partial charge in [0, 0.05) is 30.9 Å². The third-order valence-electron chi connectivity index (χ3n) is 4.41. The molecule has 4 rings (SSSR count). The number of nitrogens with zero attached hydrogens (tertiary/aromatic N) is 5. The lowest BCUT2D eigenvalue weighted by atomic mass is 9.99. The van der Waals surface area contributed by atoms with Gasteiger partial charge in [-0.05, 0) is 41.5 Å².